The Hall–Kier alpha value is -1.30. The van der Waals surface area contributed by atoms with E-state index in [1.165, 1.54) is 0 Å². The van der Waals surface area contributed by atoms with E-state index in [2.05, 4.69) is 5.32 Å². The summed E-state index contributed by atoms with van der Waals surface area (Å²) >= 11 is 0. The van der Waals surface area contributed by atoms with Gasteiger partial charge in [0.1, 0.15) is 0 Å². The van der Waals surface area contributed by atoms with Crippen LogP contribution in [0.3, 0.4) is 0 Å². The van der Waals surface area contributed by atoms with Crippen molar-refractivity contribution in [2.24, 2.45) is 5.41 Å². The van der Waals surface area contributed by atoms with E-state index in [1.807, 2.05) is 25.9 Å². The van der Waals surface area contributed by atoms with Gasteiger partial charge in [0.05, 0.1) is 5.41 Å². The lowest BCUT2D eigenvalue weighted by atomic mass is 9.75. The summed E-state index contributed by atoms with van der Waals surface area (Å²) in [5.74, 6) is -0.716. The Morgan fingerprint density at radius 2 is 1.90 bits per heavy atom. The number of aliphatic carboxylic acids is 1. The van der Waals surface area contributed by atoms with Crippen molar-refractivity contribution in [2.45, 2.75) is 32.6 Å². The number of rotatable bonds is 6. The Labute approximate surface area is 121 Å². The largest absolute Gasteiger partial charge is 0.481 e. The first-order valence-electron chi connectivity index (χ1n) is 7.32. The van der Waals surface area contributed by atoms with Gasteiger partial charge < -0.3 is 20.2 Å². The highest BCUT2D eigenvalue weighted by Crippen LogP contribution is 2.36. The normalized spacial score (nSPS) is 18.1. The lowest BCUT2D eigenvalue weighted by molar-refractivity contribution is -0.152. The van der Waals surface area contributed by atoms with Gasteiger partial charge in [-0.05, 0) is 33.4 Å². The Balaban J connectivity index is 2.44. The van der Waals surface area contributed by atoms with Gasteiger partial charge in [-0.3, -0.25) is 4.79 Å². The summed E-state index contributed by atoms with van der Waals surface area (Å²) in [6, 6.07) is -0.0812. The molecule has 0 aliphatic carbocycles. The van der Waals surface area contributed by atoms with E-state index in [4.69, 9.17) is 0 Å². The molecule has 0 aromatic carbocycles. The van der Waals surface area contributed by atoms with E-state index < -0.39 is 11.4 Å². The van der Waals surface area contributed by atoms with Gasteiger partial charge in [-0.25, -0.2) is 4.79 Å². The maximum absolute atomic E-state index is 12.0. The summed E-state index contributed by atoms with van der Waals surface area (Å²) in [4.78, 5) is 27.2. The summed E-state index contributed by atoms with van der Waals surface area (Å²) in [5, 5.41) is 12.3. The highest BCUT2D eigenvalue weighted by molar-refractivity contribution is 5.77. The van der Waals surface area contributed by atoms with E-state index in [0.29, 0.717) is 38.9 Å². The van der Waals surface area contributed by atoms with Crippen LogP contribution in [0, 0.1) is 5.41 Å². The number of hydrogen-bond acceptors (Lipinski definition) is 3. The number of carbonyl (C=O) groups is 2. The topological polar surface area (TPSA) is 72.9 Å². The van der Waals surface area contributed by atoms with Crippen LogP contribution in [0.2, 0.25) is 0 Å². The maximum Gasteiger partial charge on any atom is 0.317 e. The smallest absolute Gasteiger partial charge is 0.317 e. The number of carboxylic acids is 1. The lowest BCUT2D eigenvalue weighted by Crippen LogP contribution is -2.50. The van der Waals surface area contributed by atoms with Crippen LogP contribution in [0.1, 0.15) is 32.6 Å². The third-order valence-electron chi connectivity index (χ3n) is 4.03. The molecule has 6 heteroatoms. The number of carboxylic acid groups (broad SMARTS) is 1. The van der Waals surface area contributed by atoms with Crippen LogP contribution in [-0.4, -0.2) is 67.2 Å². The second-order valence-corrected chi connectivity index (χ2v) is 5.86. The van der Waals surface area contributed by atoms with Crippen LogP contribution in [0.5, 0.6) is 0 Å². The van der Waals surface area contributed by atoms with Gasteiger partial charge in [-0.2, -0.15) is 0 Å². The molecule has 0 aromatic rings. The first kappa shape index (κ1) is 16.8. The Morgan fingerprint density at radius 1 is 1.30 bits per heavy atom. The van der Waals surface area contributed by atoms with Gasteiger partial charge in [0, 0.05) is 26.2 Å². The summed E-state index contributed by atoms with van der Waals surface area (Å²) in [6.45, 7) is 4.47. The monoisotopic (exact) mass is 285 g/mol. The zero-order chi connectivity index (χ0) is 15.2. The third-order valence-corrected chi connectivity index (χ3v) is 4.03. The van der Waals surface area contributed by atoms with Gasteiger partial charge in [-0.15, -0.1) is 0 Å². The first-order valence-corrected chi connectivity index (χ1v) is 7.32. The molecule has 2 amide bonds. The number of hydrogen-bond donors (Lipinski definition) is 2. The van der Waals surface area contributed by atoms with Crippen molar-refractivity contribution in [3.8, 4) is 0 Å². The van der Waals surface area contributed by atoms with Gasteiger partial charge in [0.2, 0.25) is 0 Å². The molecule has 20 heavy (non-hydrogen) atoms. The van der Waals surface area contributed by atoms with Crippen molar-refractivity contribution in [1.82, 2.24) is 15.1 Å². The van der Waals surface area contributed by atoms with Crippen molar-refractivity contribution in [3.05, 3.63) is 0 Å². The lowest BCUT2D eigenvalue weighted by Gasteiger charge is -2.38. The molecule has 0 saturated carbocycles. The third kappa shape index (κ3) is 4.37. The Kier molecular flexibility index (Phi) is 6.26. The molecule has 1 aliphatic rings. The van der Waals surface area contributed by atoms with E-state index in [0.717, 1.165) is 13.0 Å². The van der Waals surface area contributed by atoms with Gasteiger partial charge in [0.15, 0.2) is 0 Å². The predicted octanol–water partition coefficient (Wildman–Crippen LogP) is 1.22. The maximum atomic E-state index is 12.0. The van der Waals surface area contributed by atoms with Gasteiger partial charge in [0.25, 0.3) is 0 Å². The van der Waals surface area contributed by atoms with E-state index in [-0.39, 0.29) is 6.03 Å². The fourth-order valence-electron chi connectivity index (χ4n) is 2.69. The molecule has 1 heterocycles. The first-order chi connectivity index (χ1) is 9.41. The summed E-state index contributed by atoms with van der Waals surface area (Å²) < 4.78 is 0. The van der Waals surface area contributed by atoms with Crippen LogP contribution < -0.4 is 5.32 Å². The van der Waals surface area contributed by atoms with Crippen LogP contribution >= 0.6 is 0 Å². The molecule has 1 fully saturated rings. The molecular formula is C14H27N3O3. The van der Waals surface area contributed by atoms with Crippen LogP contribution in [0.15, 0.2) is 0 Å². The SMILES string of the molecule is CCCC1(C(=O)O)CCN(C(=O)NCCN(C)C)CC1. The highest BCUT2D eigenvalue weighted by Gasteiger charge is 2.41. The molecule has 6 nitrogen and oxygen atoms in total. The average molecular weight is 285 g/mol. The minimum Gasteiger partial charge on any atom is -0.481 e. The summed E-state index contributed by atoms with van der Waals surface area (Å²) in [7, 11) is 3.91. The molecule has 0 spiro atoms. The Morgan fingerprint density at radius 3 is 2.35 bits per heavy atom. The standard InChI is InChI=1S/C14H27N3O3/c1-4-5-14(12(18)19)6-9-17(10-7-14)13(20)15-8-11-16(2)3/h4-11H2,1-3H3,(H,15,20)(H,18,19). The molecule has 0 bridgehead atoms. The molecule has 0 radical (unpaired) electrons. The van der Waals surface area contributed by atoms with E-state index in [1.54, 1.807) is 4.90 Å². The number of amides is 2. The second-order valence-electron chi connectivity index (χ2n) is 5.86. The fraction of sp³-hybridized carbons (Fsp3) is 0.857. The molecule has 1 saturated heterocycles. The van der Waals surface area contributed by atoms with Crippen LogP contribution in [-0.2, 0) is 4.79 Å². The quantitative estimate of drug-likeness (QED) is 0.770. The number of likely N-dealkylation sites (N-methyl/N-ethyl adjacent to an activating group) is 1. The average Bonchev–Trinajstić information content (AvgIpc) is 2.39. The van der Waals surface area contributed by atoms with E-state index >= 15 is 0 Å². The number of piperidine rings is 1. The zero-order valence-corrected chi connectivity index (χ0v) is 12.8. The molecule has 1 aliphatic heterocycles. The molecule has 116 valence electrons. The minimum atomic E-state index is -0.716. The molecule has 0 unspecified atom stereocenters. The number of carbonyl (C=O) groups excluding carboxylic acids is 1. The number of nitrogens with one attached hydrogen (secondary N) is 1. The van der Waals surface area contributed by atoms with Gasteiger partial charge in [-0.1, -0.05) is 13.3 Å². The van der Waals surface area contributed by atoms with Crippen molar-refractivity contribution in [2.75, 3.05) is 40.3 Å². The van der Waals surface area contributed by atoms with Gasteiger partial charge >= 0.3 is 12.0 Å². The Bertz CT molecular complexity index is 337. The van der Waals surface area contributed by atoms with Crippen molar-refractivity contribution in [3.63, 3.8) is 0 Å². The predicted molar refractivity (Wildman–Crippen MR) is 77.7 cm³/mol. The van der Waals surface area contributed by atoms with Crippen molar-refractivity contribution in [1.29, 1.82) is 0 Å². The molecular weight excluding hydrogens is 258 g/mol. The molecule has 0 aromatic heterocycles. The number of urea groups is 1. The van der Waals surface area contributed by atoms with Crippen LogP contribution in [0.25, 0.3) is 0 Å². The summed E-state index contributed by atoms with van der Waals surface area (Å²) in [5.41, 5.74) is -0.630. The summed E-state index contributed by atoms with van der Waals surface area (Å²) in [6.07, 6.45) is 2.66. The zero-order valence-electron chi connectivity index (χ0n) is 12.8. The van der Waals surface area contributed by atoms with Crippen molar-refractivity contribution < 1.29 is 14.7 Å². The highest BCUT2D eigenvalue weighted by atomic mass is 16.4. The molecule has 2 N–H and O–H groups in total. The van der Waals surface area contributed by atoms with Crippen LogP contribution in [0.4, 0.5) is 4.79 Å². The number of nitrogens with zero attached hydrogens (tertiary/aromatic N) is 2. The second kappa shape index (κ2) is 7.47. The fourth-order valence-corrected chi connectivity index (χ4v) is 2.69. The minimum absolute atomic E-state index is 0.0812. The molecule has 0 atom stereocenters. The number of likely N-dealkylation sites (tertiary alicyclic amines) is 1. The van der Waals surface area contributed by atoms with E-state index in [9.17, 15) is 14.7 Å². The van der Waals surface area contributed by atoms with Crippen molar-refractivity contribution >= 4 is 12.0 Å². The molecule has 1 rings (SSSR count).